The monoisotopic (exact) mass is 370 g/mol. The molecule has 1 fully saturated rings. The third-order valence-corrected chi connectivity index (χ3v) is 4.64. The number of carbonyl (C=O) groups excluding carboxylic acids is 2. The summed E-state index contributed by atoms with van der Waals surface area (Å²) in [6.07, 6.45) is 0.807. The highest BCUT2D eigenvalue weighted by atomic mass is 19.1. The van der Waals surface area contributed by atoms with Crippen molar-refractivity contribution in [2.24, 2.45) is 5.92 Å². The molecule has 2 aromatic carbocycles. The van der Waals surface area contributed by atoms with Crippen LogP contribution in [0.15, 0.2) is 48.5 Å². The van der Waals surface area contributed by atoms with Crippen molar-refractivity contribution in [2.45, 2.75) is 19.4 Å². The Morgan fingerprint density at radius 3 is 2.63 bits per heavy atom. The molecular weight excluding hydrogens is 347 g/mol. The number of hydrogen-bond donors (Lipinski definition) is 4. The van der Waals surface area contributed by atoms with Gasteiger partial charge in [0.15, 0.2) is 0 Å². The van der Waals surface area contributed by atoms with E-state index in [9.17, 15) is 14.0 Å². The van der Waals surface area contributed by atoms with Crippen LogP contribution in [-0.2, 0) is 16.0 Å². The molecule has 2 atom stereocenters. The fourth-order valence-electron chi connectivity index (χ4n) is 3.17. The van der Waals surface area contributed by atoms with Gasteiger partial charge in [0.1, 0.15) is 5.82 Å². The minimum Gasteiger partial charge on any atom is -0.347 e. The summed E-state index contributed by atoms with van der Waals surface area (Å²) < 4.78 is 13.1. The van der Waals surface area contributed by atoms with E-state index in [1.807, 2.05) is 31.2 Å². The summed E-state index contributed by atoms with van der Waals surface area (Å²) in [5.74, 6) is -1.23. The topological polar surface area (TPSA) is 82.3 Å². The van der Waals surface area contributed by atoms with Gasteiger partial charge in [-0.05, 0) is 35.7 Å². The average molecular weight is 370 g/mol. The molecule has 1 heterocycles. The van der Waals surface area contributed by atoms with Crippen molar-refractivity contribution < 1.29 is 14.0 Å². The molecule has 0 aliphatic carbocycles. The van der Waals surface area contributed by atoms with Gasteiger partial charge >= 0.3 is 0 Å². The van der Waals surface area contributed by atoms with E-state index >= 15 is 0 Å². The van der Waals surface area contributed by atoms with Crippen molar-refractivity contribution in [1.82, 2.24) is 16.2 Å². The number of hydrazine groups is 1. The van der Waals surface area contributed by atoms with Crippen LogP contribution >= 0.6 is 0 Å². The molecule has 3 rings (SSSR count). The van der Waals surface area contributed by atoms with Gasteiger partial charge in [-0.3, -0.25) is 15.0 Å². The van der Waals surface area contributed by atoms with Gasteiger partial charge in [-0.15, -0.1) is 0 Å². The zero-order valence-electron chi connectivity index (χ0n) is 15.1. The third kappa shape index (κ3) is 4.69. The smallest absolute Gasteiger partial charge is 0.243 e. The van der Waals surface area contributed by atoms with E-state index in [1.165, 1.54) is 12.1 Å². The van der Waals surface area contributed by atoms with Crippen LogP contribution in [0.5, 0.6) is 0 Å². The molecule has 1 aliphatic rings. The molecule has 27 heavy (non-hydrogen) atoms. The van der Waals surface area contributed by atoms with Crippen LogP contribution in [0, 0.1) is 11.7 Å². The predicted molar refractivity (Wildman–Crippen MR) is 101 cm³/mol. The number of carbonyl (C=O) groups is 2. The second kappa shape index (κ2) is 8.75. The number of para-hydroxylation sites is 1. The fourth-order valence-corrected chi connectivity index (χ4v) is 3.17. The molecule has 0 aromatic heterocycles. The maximum Gasteiger partial charge on any atom is 0.243 e. The number of amides is 2. The third-order valence-electron chi connectivity index (χ3n) is 4.64. The molecular formula is C20H23FN4O2. The number of rotatable bonds is 6. The molecule has 2 amide bonds. The first-order valence-electron chi connectivity index (χ1n) is 8.97. The Morgan fingerprint density at radius 1 is 1.15 bits per heavy atom. The molecule has 6 nitrogen and oxygen atoms in total. The lowest BCUT2D eigenvalue weighted by atomic mass is 9.94. The SMILES string of the molecule is CCc1ccccc1NC(=O)CNC(=O)C1CNNC1c1ccc(F)cc1. The van der Waals surface area contributed by atoms with Crippen molar-refractivity contribution in [3.05, 3.63) is 65.5 Å². The first-order valence-corrected chi connectivity index (χ1v) is 8.97. The molecule has 142 valence electrons. The van der Waals surface area contributed by atoms with E-state index in [1.54, 1.807) is 12.1 Å². The van der Waals surface area contributed by atoms with Crippen LogP contribution in [0.4, 0.5) is 10.1 Å². The number of hydrogen-bond acceptors (Lipinski definition) is 4. The zero-order chi connectivity index (χ0) is 19.2. The predicted octanol–water partition coefficient (Wildman–Crippen LogP) is 1.91. The van der Waals surface area contributed by atoms with Gasteiger partial charge in [-0.25, -0.2) is 9.82 Å². The summed E-state index contributed by atoms with van der Waals surface area (Å²) in [5.41, 5.74) is 8.59. The molecule has 0 bridgehead atoms. The highest BCUT2D eigenvalue weighted by Gasteiger charge is 2.34. The highest BCUT2D eigenvalue weighted by molar-refractivity contribution is 5.95. The van der Waals surface area contributed by atoms with Gasteiger partial charge in [0, 0.05) is 12.2 Å². The Kier molecular flexibility index (Phi) is 6.16. The summed E-state index contributed by atoms with van der Waals surface area (Å²) >= 11 is 0. The normalized spacial score (nSPS) is 18.9. The van der Waals surface area contributed by atoms with Crippen LogP contribution in [0.1, 0.15) is 24.1 Å². The lowest BCUT2D eigenvalue weighted by Crippen LogP contribution is -2.39. The first-order chi connectivity index (χ1) is 13.1. The fraction of sp³-hybridized carbons (Fsp3) is 0.300. The second-order valence-electron chi connectivity index (χ2n) is 6.44. The molecule has 2 unspecified atom stereocenters. The molecule has 1 aliphatic heterocycles. The summed E-state index contributed by atoms with van der Waals surface area (Å²) in [4.78, 5) is 24.7. The second-order valence-corrected chi connectivity index (χ2v) is 6.44. The molecule has 0 saturated carbocycles. The summed E-state index contributed by atoms with van der Waals surface area (Å²) in [7, 11) is 0. The van der Waals surface area contributed by atoms with Crippen molar-refractivity contribution in [3.63, 3.8) is 0 Å². The number of halogens is 1. The summed E-state index contributed by atoms with van der Waals surface area (Å²) in [6.45, 7) is 2.33. The number of nitrogens with one attached hydrogen (secondary N) is 4. The van der Waals surface area contributed by atoms with Crippen LogP contribution < -0.4 is 21.5 Å². The number of aryl methyl sites for hydroxylation is 1. The van der Waals surface area contributed by atoms with Crippen LogP contribution in [-0.4, -0.2) is 24.9 Å². The Bertz CT molecular complexity index is 810. The maximum absolute atomic E-state index is 13.1. The molecule has 0 radical (unpaired) electrons. The van der Waals surface area contributed by atoms with Gasteiger partial charge < -0.3 is 10.6 Å². The minimum atomic E-state index is -0.397. The minimum absolute atomic E-state index is 0.108. The Hall–Kier alpha value is -2.77. The molecule has 4 N–H and O–H groups in total. The lowest BCUT2D eigenvalue weighted by molar-refractivity contribution is -0.127. The largest absolute Gasteiger partial charge is 0.347 e. The molecule has 1 saturated heterocycles. The zero-order valence-corrected chi connectivity index (χ0v) is 15.1. The maximum atomic E-state index is 13.1. The van der Waals surface area contributed by atoms with Crippen LogP contribution in [0.25, 0.3) is 0 Å². The Balaban J connectivity index is 1.56. The standard InChI is InChI=1S/C20H23FN4O2/c1-2-13-5-3-4-6-17(13)24-18(26)12-22-20(27)16-11-23-25-19(16)14-7-9-15(21)10-8-14/h3-10,16,19,23,25H,2,11-12H2,1H3,(H,22,27)(H,24,26). The quantitative estimate of drug-likeness (QED) is 0.626. The van der Waals surface area contributed by atoms with E-state index in [0.29, 0.717) is 6.54 Å². The van der Waals surface area contributed by atoms with Crippen molar-refractivity contribution in [1.29, 1.82) is 0 Å². The van der Waals surface area contributed by atoms with Gasteiger partial charge in [-0.1, -0.05) is 37.3 Å². The van der Waals surface area contributed by atoms with Gasteiger partial charge in [-0.2, -0.15) is 0 Å². The van der Waals surface area contributed by atoms with Crippen molar-refractivity contribution in [3.8, 4) is 0 Å². The Morgan fingerprint density at radius 2 is 1.89 bits per heavy atom. The average Bonchev–Trinajstić information content (AvgIpc) is 3.17. The van der Waals surface area contributed by atoms with Crippen LogP contribution in [0.3, 0.4) is 0 Å². The first kappa shape index (κ1) is 19.0. The molecule has 0 spiro atoms. The van der Waals surface area contributed by atoms with Crippen LogP contribution in [0.2, 0.25) is 0 Å². The van der Waals surface area contributed by atoms with E-state index in [4.69, 9.17) is 0 Å². The summed E-state index contributed by atoms with van der Waals surface area (Å²) in [6, 6.07) is 13.3. The number of benzene rings is 2. The van der Waals surface area contributed by atoms with E-state index < -0.39 is 5.92 Å². The highest BCUT2D eigenvalue weighted by Crippen LogP contribution is 2.25. The lowest BCUT2D eigenvalue weighted by Gasteiger charge is -2.18. The van der Waals surface area contributed by atoms with Gasteiger partial charge in [0.2, 0.25) is 11.8 Å². The van der Waals surface area contributed by atoms with E-state index in [0.717, 1.165) is 23.2 Å². The van der Waals surface area contributed by atoms with E-state index in [2.05, 4.69) is 21.5 Å². The molecule has 2 aromatic rings. The number of anilines is 1. The van der Waals surface area contributed by atoms with Crippen molar-refractivity contribution in [2.75, 3.05) is 18.4 Å². The van der Waals surface area contributed by atoms with Gasteiger partial charge in [0.25, 0.3) is 0 Å². The molecule has 7 heteroatoms. The van der Waals surface area contributed by atoms with E-state index in [-0.39, 0.29) is 30.2 Å². The van der Waals surface area contributed by atoms with Crippen molar-refractivity contribution >= 4 is 17.5 Å². The summed E-state index contributed by atoms with van der Waals surface area (Å²) in [5, 5.41) is 5.52. The Labute approximate surface area is 157 Å². The van der Waals surface area contributed by atoms with Gasteiger partial charge in [0.05, 0.1) is 18.5 Å².